The number of nitrogens with zero attached hydrogens (tertiary/aromatic N) is 1. The van der Waals surface area contributed by atoms with Crippen LogP contribution in [0.4, 0.5) is 0 Å². The number of rotatable bonds is 2. The Morgan fingerprint density at radius 2 is 2.25 bits per heavy atom. The van der Waals surface area contributed by atoms with Crippen LogP contribution < -0.4 is 0 Å². The van der Waals surface area contributed by atoms with Crippen LogP contribution in [-0.4, -0.2) is 27.2 Å². The Kier molecular flexibility index (Phi) is 4.67. The molecule has 0 bridgehead atoms. The number of hydrogen-bond donors (Lipinski definition) is 0. The van der Waals surface area contributed by atoms with Crippen molar-refractivity contribution in [2.75, 3.05) is 6.54 Å². The summed E-state index contributed by atoms with van der Waals surface area (Å²) in [5.41, 5.74) is 0. The van der Waals surface area contributed by atoms with Crippen molar-refractivity contribution in [3.63, 3.8) is 0 Å². The van der Waals surface area contributed by atoms with E-state index in [0.717, 1.165) is 11.9 Å². The predicted molar refractivity (Wildman–Crippen MR) is 51.4 cm³/mol. The third-order valence-corrected chi connectivity index (χ3v) is 2.56. The van der Waals surface area contributed by atoms with Gasteiger partial charge in [0.05, 0.1) is 6.54 Å². The van der Waals surface area contributed by atoms with Crippen molar-refractivity contribution in [1.82, 2.24) is 4.31 Å². The zero-order chi connectivity index (χ0) is 8.43. The van der Waals surface area contributed by atoms with Crippen molar-refractivity contribution in [2.45, 2.75) is 4.71 Å². The lowest BCUT2D eigenvalue weighted by Crippen LogP contribution is -2.24. The standard InChI is InChI=1S/C6H6ClNO2S.ClH/c1-2-3-8-6(10)4(9)5(7)11-8;/h2,5H,1,3H2;1H. The van der Waals surface area contributed by atoms with Gasteiger partial charge < -0.3 is 0 Å². The van der Waals surface area contributed by atoms with Gasteiger partial charge in [-0.15, -0.1) is 19.0 Å². The van der Waals surface area contributed by atoms with Gasteiger partial charge in [-0.3, -0.25) is 13.9 Å². The Labute approximate surface area is 85.7 Å². The van der Waals surface area contributed by atoms with Crippen molar-refractivity contribution >= 4 is 47.6 Å². The molecular weight excluding hydrogens is 221 g/mol. The number of halogens is 2. The fraction of sp³-hybridized carbons (Fsp3) is 0.333. The van der Waals surface area contributed by atoms with E-state index < -0.39 is 16.4 Å². The van der Waals surface area contributed by atoms with Crippen LogP contribution in [0.2, 0.25) is 0 Å². The predicted octanol–water partition coefficient (Wildman–Crippen LogP) is 1.22. The maximum absolute atomic E-state index is 10.9. The summed E-state index contributed by atoms with van der Waals surface area (Å²) in [4.78, 5) is 21.7. The largest absolute Gasteiger partial charge is 0.302 e. The van der Waals surface area contributed by atoms with E-state index in [1.807, 2.05) is 0 Å². The average molecular weight is 228 g/mol. The highest BCUT2D eigenvalue weighted by Crippen LogP contribution is 2.29. The van der Waals surface area contributed by atoms with Gasteiger partial charge >= 0.3 is 5.91 Å². The molecular formula is C6H7Cl2NO2S. The van der Waals surface area contributed by atoms with Gasteiger partial charge in [0.15, 0.2) is 4.71 Å². The van der Waals surface area contributed by atoms with E-state index in [1.165, 1.54) is 4.31 Å². The highest BCUT2D eigenvalue weighted by molar-refractivity contribution is 8.01. The molecule has 0 aromatic carbocycles. The van der Waals surface area contributed by atoms with E-state index in [1.54, 1.807) is 6.08 Å². The molecule has 0 aromatic heterocycles. The summed E-state index contributed by atoms with van der Waals surface area (Å²) in [6, 6.07) is 0. The van der Waals surface area contributed by atoms with Crippen molar-refractivity contribution in [2.24, 2.45) is 0 Å². The highest BCUT2D eigenvalue weighted by Gasteiger charge is 2.38. The maximum atomic E-state index is 10.9. The van der Waals surface area contributed by atoms with Crippen LogP contribution >= 0.6 is 36.0 Å². The van der Waals surface area contributed by atoms with Crippen LogP contribution in [0, 0.1) is 0 Å². The summed E-state index contributed by atoms with van der Waals surface area (Å²) in [5, 5.41) is 0. The molecule has 6 heteroatoms. The molecule has 0 aromatic rings. The second kappa shape index (κ2) is 4.74. The third-order valence-electron chi connectivity index (χ3n) is 1.16. The number of hydrogen-bond acceptors (Lipinski definition) is 3. The molecule has 1 amide bonds. The van der Waals surface area contributed by atoms with E-state index in [0.29, 0.717) is 6.54 Å². The minimum atomic E-state index is -0.748. The molecule has 1 aliphatic heterocycles. The SMILES string of the molecule is C=CCN1SC(Cl)C(=O)C1=O.Cl. The zero-order valence-electron chi connectivity index (χ0n) is 6.03. The summed E-state index contributed by atoms with van der Waals surface area (Å²) >= 11 is 6.54. The molecule has 1 saturated heterocycles. The normalized spacial score (nSPS) is 22.4. The first kappa shape index (κ1) is 11.8. The molecule has 1 atom stereocenters. The van der Waals surface area contributed by atoms with Gasteiger partial charge in [0.25, 0.3) is 5.78 Å². The smallest absolute Gasteiger partial charge is 0.286 e. The molecule has 1 fully saturated rings. The lowest BCUT2D eigenvalue weighted by atomic mass is 10.4. The molecule has 0 N–H and O–H groups in total. The first-order valence-electron chi connectivity index (χ1n) is 2.94. The molecule has 0 spiro atoms. The lowest BCUT2D eigenvalue weighted by molar-refractivity contribution is -0.138. The molecule has 1 unspecified atom stereocenters. The average Bonchev–Trinajstić information content (AvgIpc) is 2.19. The topological polar surface area (TPSA) is 37.4 Å². The maximum Gasteiger partial charge on any atom is 0.302 e. The number of ketones is 1. The molecule has 0 saturated carbocycles. The molecule has 68 valence electrons. The molecule has 1 rings (SSSR count). The monoisotopic (exact) mass is 227 g/mol. The minimum Gasteiger partial charge on any atom is -0.286 e. The number of carbonyl (C=O) groups excluding carboxylic acids is 2. The Bertz CT molecular complexity index is 222. The Balaban J connectivity index is 0.00000121. The van der Waals surface area contributed by atoms with Crippen molar-refractivity contribution < 1.29 is 9.59 Å². The highest BCUT2D eigenvalue weighted by atomic mass is 35.5. The van der Waals surface area contributed by atoms with Crippen LogP contribution in [0.25, 0.3) is 0 Å². The summed E-state index contributed by atoms with van der Waals surface area (Å²) in [5.74, 6) is -1.08. The minimum absolute atomic E-state index is 0. The third kappa shape index (κ3) is 2.15. The molecule has 0 aliphatic carbocycles. The fourth-order valence-corrected chi connectivity index (χ4v) is 1.85. The number of alkyl halides is 1. The van der Waals surface area contributed by atoms with E-state index in [9.17, 15) is 9.59 Å². The molecule has 0 radical (unpaired) electrons. The Morgan fingerprint density at radius 1 is 1.67 bits per heavy atom. The Hall–Kier alpha value is -0.190. The van der Waals surface area contributed by atoms with Crippen molar-refractivity contribution in [1.29, 1.82) is 0 Å². The molecule has 1 heterocycles. The van der Waals surface area contributed by atoms with Crippen molar-refractivity contribution in [3.8, 4) is 0 Å². The van der Waals surface area contributed by atoms with Gasteiger partial charge in [-0.25, -0.2) is 0 Å². The summed E-state index contributed by atoms with van der Waals surface area (Å²) in [6.45, 7) is 3.81. The van der Waals surface area contributed by atoms with Crippen LogP contribution in [0.15, 0.2) is 12.7 Å². The number of Topliss-reactive ketones (excluding diaryl/α,β-unsaturated/α-hetero) is 1. The number of carbonyl (C=O) groups is 2. The van der Waals surface area contributed by atoms with E-state index >= 15 is 0 Å². The van der Waals surface area contributed by atoms with Crippen LogP contribution in [0.5, 0.6) is 0 Å². The summed E-state index contributed by atoms with van der Waals surface area (Å²) in [7, 11) is 0. The van der Waals surface area contributed by atoms with E-state index in [-0.39, 0.29) is 12.4 Å². The number of amides is 1. The van der Waals surface area contributed by atoms with Crippen LogP contribution in [0.3, 0.4) is 0 Å². The van der Waals surface area contributed by atoms with E-state index in [4.69, 9.17) is 11.6 Å². The molecule has 12 heavy (non-hydrogen) atoms. The van der Waals surface area contributed by atoms with Gasteiger partial charge in [-0.05, 0) is 11.9 Å². The zero-order valence-corrected chi connectivity index (χ0v) is 8.42. The first-order chi connectivity index (χ1) is 5.16. The van der Waals surface area contributed by atoms with Crippen LogP contribution in [-0.2, 0) is 9.59 Å². The van der Waals surface area contributed by atoms with Crippen molar-refractivity contribution in [3.05, 3.63) is 12.7 Å². The van der Waals surface area contributed by atoms with Gasteiger partial charge in [-0.2, -0.15) is 0 Å². The Morgan fingerprint density at radius 3 is 2.58 bits per heavy atom. The fourth-order valence-electron chi connectivity index (χ4n) is 0.671. The van der Waals surface area contributed by atoms with Gasteiger partial charge in [0, 0.05) is 0 Å². The molecule has 3 nitrogen and oxygen atoms in total. The van der Waals surface area contributed by atoms with Gasteiger partial charge in [-0.1, -0.05) is 17.7 Å². The first-order valence-corrected chi connectivity index (χ1v) is 4.21. The lowest BCUT2D eigenvalue weighted by Gasteiger charge is -2.08. The quantitative estimate of drug-likeness (QED) is 0.308. The van der Waals surface area contributed by atoms with Crippen LogP contribution in [0.1, 0.15) is 0 Å². The molecule has 1 aliphatic rings. The van der Waals surface area contributed by atoms with Gasteiger partial charge in [0.1, 0.15) is 0 Å². The summed E-state index contributed by atoms with van der Waals surface area (Å²) in [6.07, 6.45) is 1.55. The summed E-state index contributed by atoms with van der Waals surface area (Å²) < 4.78 is 0.551. The van der Waals surface area contributed by atoms with E-state index in [2.05, 4.69) is 6.58 Å². The van der Waals surface area contributed by atoms with Gasteiger partial charge in [0.2, 0.25) is 0 Å². The second-order valence-corrected chi connectivity index (χ2v) is 3.76. The second-order valence-electron chi connectivity index (χ2n) is 1.94.